The zero-order valence-electron chi connectivity index (χ0n) is 24.5. The van der Waals surface area contributed by atoms with Crippen LogP contribution in [0.1, 0.15) is 18.1 Å². The molecule has 2 aliphatic rings. The highest BCUT2D eigenvalue weighted by Crippen LogP contribution is 2.32. The Bertz CT molecular complexity index is 1310. The maximum Gasteiger partial charge on any atom is 0.331 e. The zero-order valence-corrected chi connectivity index (χ0v) is 24.5. The highest BCUT2D eigenvalue weighted by Gasteiger charge is 2.52. The second-order valence-electron chi connectivity index (χ2n) is 10.5. The number of ether oxygens (including phenoxy) is 6. The van der Waals surface area contributed by atoms with Gasteiger partial charge in [0.15, 0.2) is 30.2 Å². The van der Waals surface area contributed by atoms with Gasteiger partial charge in [-0.15, -0.1) is 0 Å². The van der Waals surface area contributed by atoms with Crippen molar-refractivity contribution in [3.8, 4) is 17.2 Å². The maximum atomic E-state index is 12.9. The Labute approximate surface area is 258 Å². The minimum atomic E-state index is -1.74. The summed E-state index contributed by atoms with van der Waals surface area (Å²) >= 11 is 0. The smallest absolute Gasteiger partial charge is 0.331 e. The van der Waals surface area contributed by atoms with Crippen LogP contribution in [-0.2, 0) is 28.5 Å². The highest BCUT2D eigenvalue weighted by molar-refractivity contribution is 5.87. The van der Waals surface area contributed by atoms with Crippen LogP contribution in [0.15, 0.2) is 54.6 Å². The van der Waals surface area contributed by atoms with Crippen LogP contribution < -0.4 is 4.74 Å². The van der Waals surface area contributed by atoms with E-state index in [0.29, 0.717) is 5.56 Å². The molecule has 2 heterocycles. The van der Waals surface area contributed by atoms with E-state index in [1.807, 2.05) is 0 Å². The van der Waals surface area contributed by atoms with Gasteiger partial charge in [0.05, 0.1) is 26.4 Å². The number of esters is 1. The van der Waals surface area contributed by atoms with E-state index in [0.717, 1.165) is 11.6 Å². The normalized spacial score (nSPS) is 32.2. The molecule has 2 fully saturated rings. The van der Waals surface area contributed by atoms with Gasteiger partial charge in [0.2, 0.25) is 0 Å². The highest BCUT2D eigenvalue weighted by atomic mass is 16.7. The predicted molar refractivity (Wildman–Crippen MR) is 156 cm³/mol. The molecule has 4 rings (SSSR count). The Morgan fingerprint density at radius 1 is 0.867 bits per heavy atom. The number of carbonyl (C=O) groups excluding carboxylic acids is 1. The number of carbonyl (C=O) groups is 1. The molecule has 45 heavy (non-hydrogen) atoms. The molecule has 14 heteroatoms. The molecule has 10 atom stereocenters. The average molecular weight is 635 g/mol. The van der Waals surface area contributed by atoms with E-state index in [4.69, 9.17) is 28.4 Å². The van der Waals surface area contributed by atoms with E-state index in [2.05, 4.69) is 0 Å². The van der Waals surface area contributed by atoms with E-state index in [1.165, 1.54) is 50.4 Å². The zero-order chi connectivity index (χ0) is 32.7. The lowest BCUT2D eigenvalue weighted by atomic mass is 9.97. The summed E-state index contributed by atoms with van der Waals surface area (Å²) in [5.41, 5.74) is 1.25. The van der Waals surface area contributed by atoms with Crippen molar-refractivity contribution >= 4 is 18.1 Å². The van der Waals surface area contributed by atoms with Crippen LogP contribution in [-0.4, -0.2) is 123 Å². The summed E-state index contributed by atoms with van der Waals surface area (Å²) in [5, 5.41) is 71.5. The first-order chi connectivity index (χ1) is 21.5. The van der Waals surface area contributed by atoms with Gasteiger partial charge in [0, 0.05) is 6.08 Å². The number of phenols is 2. The number of phenolic OH excluding ortho intramolecular Hbond substituents is 2. The van der Waals surface area contributed by atoms with Crippen LogP contribution >= 0.6 is 0 Å². The van der Waals surface area contributed by atoms with Gasteiger partial charge < -0.3 is 64.2 Å². The molecule has 246 valence electrons. The van der Waals surface area contributed by atoms with Gasteiger partial charge in [-0.25, -0.2) is 4.79 Å². The first-order valence-corrected chi connectivity index (χ1v) is 14.1. The van der Waals surface area contributed by atoms with Gasteiger partial charge in [-0.1, -0.05) is 30.4 Å². The fourth-order valence-corrected chi connectivity index (χ4v) is 4.81. The minimum absolute atomic E-state index is 0.0682. The Morgan fingerprint density at radius 2 is 1.58 bits per heavy atom. The van der Waals surface area contributed by atoms with Crippen LogP contribution in [0.2, 0.25) is 0 Å². The molecule has 7 N–H and O–H groups in total. The quantitative estimate of drug-likeness (QED) is 0.129. The predicted octanol–water partition coefficient (Wildman–Crippen LogP) is 0.0522. The van der Waals surface area contributed by atoms with E-state index in [-0.39, 0.29) is 23.9 Å². The summed E-state index contributed by atoms with van der Waals surface area (Å²) in [4.78, 5) is 12.9. The van der Waals surface area contributed by atoms with Crippen LogP contribution in [0.25, 0.3) is 12.2 Å². The third-order valence-corrected chi connectivity index (χ3v) is 7.32. The van der Waals surface area contributed by atoms with Crippen LogP contribution in [0, 0.1) is 0 Å². The van der Waals surface area contributed by atoms with E-state index in [1.54, 1.807) is 24.3 Å². The summed E-state index contributed by atoms with van der Waals surface area (Å²) in [6.07, 6.45) is -8.89. The maximum absolute atomic E-state index is 12.9. The minimum Gasteiger partial charge on any atom is -0.508 e. The average Bonchev–Trinajstić information content (AvgIpc) is 3.03. The molecule has 0 saturated carbocycles. The number of hydrogen-bond donors (Lipinski definition) is 7. The lowest BCUT2D eigenvalue weighted by Gasteiger charge is -2.46. The van der Waals surface area contributed by atoms with Gasteiger partial charge in [0.1, 0.15) is 42.4 Å². The first-order valence-electron chi connectivity index (χ1n) is 14.1. The van der Waals surface area contributed by atoms with Gasteiger partial charge >= 0.3 is 5.97 Å². The molecule has 2 saturated heterocycles. The van der Waals surface area contributed by atoms with E-state index >= 15 is 0 Å². The van der Waals surface area contributed by atoms with E-state index in [9.17, 15) is 40.5 Å². The summed E-state index contributed by atoms with van der Waals surface area (Å²) in [5.74, 6) is -0.722. The molecule has 0 radical (unpaired) electrons. The molecule has 0 aliphatic carbocycles. The van der Waals surface area contributed by atoms with Gasteiger partial charge in [0.25, 0.3) is 0 Å². The molecule has 0 amide bonds. The molecule has 2 aromatic carbocycles. The number of aromatic hydroxyl groups is 2. The summed E-state index contributed by atoms with van der Waals surface area (Å²) < 4.78 is 33.4. The summed E-state index contributed by atoms with van der Waals surface area (Å²) in [7, 11) is 1.37. The van der Waals surface area contributed by atoms with Crippen molar-refractivity contribution in [3.05, 3.63) is 65.7 Å². The number of methoxy groups -OCH3 is 1. The number of benzene rings is 2. The van der Waals surface area contributed by atoms with Crippen molar-refractivity contribution in [1.82, 2.24) is 0 Å². The lowest BCUT2D eigenvalue weighted by molar-refractivity contribution is -0.356. The number of hydrogen-bond acceptors (Lipinski definition) is 14. The lowest BCUT2D eigenvalue weighted by Crippen LogP contribution is -2.65. The Hall–Kier alpha value is -3.57. The molecule has 0 bridgehead atoms. The Balaban J connectivity index is 1.52. The van der Waals surface area contributed by atoms with Crippen LogP contribution in [0.5, 0.6) is 17.2 Å². The van der Waals surface area contributed by atoms with Crippen molar-refractivity contribution < 1.29 is 69.0 Å². The first kappa shape index (κ1) is 34.3. The molecule has 2 aliphatic heterocycles. The van der Waals surface area contributed by atoms with Crippen LogP contribution in [0.4, 0.5) is 0 Å². The Morgan fingerprint density at radius 3 is 2.27 bits per heavy atom. The molecular weight excluding hydrogens is 596 g/mol. The molecule has 0 aromatic heterocycles. The summed E-state index contributed by atoms with van der Waals surface area (Å²) in [6.45, 7) is 0.680. The van der Waals surface area contributed by atoms with Crippen molar-refractivity contribution in [2.45, 2.75) is 68.3 Å². The van der Waals surface area contributed by atoms with Crippen LogP contribution in [0.3, 0.4) is 0 Å². The van der Waals surface area contributed by atoms with Gasteiger partial charge in [-0.05, 0) is 48.4 Å². The van der Waals surface area contributed by atoms with Crippen molar-refractivity contribution in [2.75, 3.05) is 20.3 Å². The number of rotatable bonds is 11. The third-order valence-electron chi connectivity index (χ3n) is 7.32. The molecule has 2 aromatic rings. The van der Waals surface area contributed by atoms with Crippen molar-refractivity contribution in [3.63, 3.8) is 0 Å². The largest absolute Gasteiger partial charge is 0.508 e. The fraction of sp³-hybridized carbons (Fsp3) is 0.452. The summed E-state index contributed by atoms with van der Waals surface area (Å²) in [6, 6.07) is 10.8. The second kappa shape index (κ2) is 15.6. The third kappa shape index (κ3) is 8.58. The number of aliphatic hydroxyl groups is 5. The fourth-order valence-electron chi connectivity index (χ4n) is 4.81. The Kier molecular flexibility index (Phi) is 11.9. The monoisotopic (exact) mass is 634 g/mol. The van der Waals surface area contributed by atoms with Crippen molar-refractivity contribution in [1.29, 1.82) is 0 Å². The van der Waals surface area contributed by atoms with Gasteiger partial charge in [-0.3, -0.25) is 0 Å². The molecule has 0 unspecified atom stereocenters. The van der Waals surface area contributed by atoms with Gasteiger partial charge in [-0.2, -0.15) is 0 Å². The van der Waals surface area contributed by atoms with E-state index < -0.39 is 74.0 Å². The molecular formula is C31H38O14. The second-order valence-corrected chi connectivity index (χ2v) is 10.5. The molecule has 14 nitrogen and oxygen atoms in total. The molecule has 0 spiro atoms. The van der Waals surface area contributed by atoms with Crippen molar-refractivity contribution in [2.24, 2.45) is 0 Å². The standard InChI is InChI=1S/C31H38O14/c1-16-24(36)25(37)26(38)31(42-16)45-29-27(39)30(41-13-3-4-17-5-9-19(33)10-6-17)43-22(15-32)28(29)44-23(35)12-8-18-7-11-20(34)21(14-18)40-2/h3-12,14,16,22,24-34,36-39H,13,15H2,1-2H3/b4-3+,12-8+/t16-,22+,24-,25+,26+,27+,28+,29+,30+,31-/m0/s1. The topological polar surface area (TPSA) is 214 Å². The number of aliphatic hydroxyl groups excluding tert-OH is 5. The SMILES string of the molecule is COc1cc(/C=C/C(=O)O[C@H]2[C@H](O[C@@H]3O[C@@H](C)[C@H](O)[C@@H](O)[C@H]3O)[C@@H](O)[C@H](OC/C=C/c3ccc(O)cc3)O[C@@H]2CO)ccc1O.